The van der Waals surface area contributed by atoms with Crippen molar-refractivity contribution in [2.24, 2.45) is 0 Å². The van der Waals surface area contributed by atoms with Crippen LogP contribution in [0.2, 0.25) is 0 Å². The molecule has 2 heterocycles. The first-order valence-corrected chi connectivity index (χ1v) is 11.0. The van der Waals surface area contributed by atoms with Gasteiger partial charge in [0.25, 0.3) is 0 Å². The van der Waals surface area contributed by atoms with E-state index in [0.717, 1.165) is 30.7 Å². The van der Waals surface area contributed by atoms with Gasteiger partial charge >= 0.3 is 6.18 Å². The molecule has 0 atom stereocenters. The van der Waals surface area contributed by atoms with Gasteiger partial charge in [0.1, 0.15) is 11.4 Å². The van der Waals surface area contributed by atoms with Gasteiger partial charge in [-0.25, -0.2) is 22.8 Å². The Bertz CT molecular complexity index is 1250. The highest BCUT2D eigenvalue weighted by molar-refractivity contribution is 7.90. The van der Waals surface area contributed by atoms with Crippen molar-refractivity contribution in [3.05, 3.63) is 48.2 Å². The lowest BCUT2D eigenvalue weighted by atomic mass is 10.1. The molecule has 0 amide bonds. The molecule has 0 saturated heterocycles. The van der Waals surface area contributed by atoms with Gasteiger partial charge in [-0.15, -0.1) is 0 Å². The Hall–Kier alpha value is -3.06. The van der Waals surface area contributed by atoms with Crippen molar-refractivity contribution in [1.82, 2.24) is 19.7 Å². The van der Waals surface area contributed by atoms with Gasteiger partial charge in [0.05, 0.1) is 34.6 Å². The zero-order chi connectivity index (χ0) is 23.9. The minimum Gasteiger partial charge on any atom is -0.389 e. The van der Waals surface area contributed by atoms with Crippen LogP contribution < -0.4 is 5.32 Å². The van der Waals surface area contributed by atoms with Gasteiger partial charge < -0.3 is 10.4 Å². The van der Waals surface area contributed by atoms with Crippen LogP contribution in [0.4, 0.5) is 29.2 Å². The highest BCUT2D eigenvalue weighted by Crippen LogP contribution is 2.36. The fourth-order valence-corrected chi connectivity index (χ4v) is 3.42. The van der Waals surface area contributed by atoms with Crippen molar-refractivity contribution in [2.45, 2.75) is 37.1 Å². The van der Waals surface area contributed by atoms with Crippen molar-refractivity contribution in [1.29, 1.82) is 0 Å². The summed E-state index contributed by atoms with van der Waals surface area (Å²) in [5.41, 5.74) is -2.98. The third-order valence-electron chi connectivity index (χ3n) is 4.16. The van der Waals surface area contributed by atoms with Gasteiger partial charge in [0.15, 0.2) is 9.84 Å². The molecule has 0 saturated carbocycles. The summed E-state index contributed by atoms with van der Waals surface area (Å²) >= 11 is 0. The van der Waals surface area contributed by atoms with E-state index in [4.69, 9.17) is 0 Å². The predicted molar refractivity (Wildman–Crippen MR) is 107 cm³/mol. The van der Waals surface area contributed by atoms with Crippen molar-refractivity contribution in [3.63, 3.8) is 0 Å². The second kappa shape index (κ2) is 8.13. The largest absolute Gasteiger partial charge is 0.419 e. The van der Waals surface area contributed by atoms with Gasteiger partial charge in [-0.3, -0.25) is 4.68 Å². The molecule has 2 aromatic heterocycles. The summed E-state index contributed by atoms with van der Waals surface area (Å²) in [6.45, 7) is 3.07. The molecule has 3 rings (SSSR count). The monoisotopic (exact) mass is 473 g/mol. The van der Waals surface area contributed by atoms with E-state index in [1.54, 1.807) is 0 Å². The minimum absolute atomic E-state index is 0.0138. The highest BCUT2D eigenvalue weighted by atomic mass is 32.2. The Balaban J connectivity index is 2.00. The number of anilines is 2. The van der Waals surface area contributed by atoms with E-state index in [9.17, 15) is 31.1 Å². The lowest BCUT2D eigenvalue weighted by Gasteiger charge is -2.16. The smallest absolute Gasteiger partial charge is 0.389 e. The zero-order valence-corrected chi connectivity index (χ0v) is 18.0. The van der Waals surface area contributed by atoms with Crippen LogP contribution in [0, 0.1) is 5.82 Å². The van der Waals surface area contributed by atoms with Gasteiger partial charge in [-0.1, -0.05) is 0 Å². The van der Waals surface area contributed by atoms with Crippen molar-refractivity contribution < 1.29 is 31.1 Å². The summed E-state index contributed by atoms with van der Waals surface area (Å²) < 4.78 is 79.2. The summed E-state index contributed by atoms with van der Waals surface area (Å²) in [4.78, 5) is 7.24. The Morgan fingerprint density at radius 3 is 2.44 bits per heavy atom. The number of benzene rings is 1. The van der Waals surface area contributed by atoms with Gasteiger partial charge in [-0.2, -0.15) is 18.3 Å². The molecule has 32 heavy (non-hydrogen) atoms. The summed E-state index contributed by atoms with van der Waals surface area (Å²) in [6.07, 6.45) is -0.844. The van der Waals surface area contributed by atoms with Gasteiger partial charge in [-0.05, 0) is 32.0 Å². The number of rotatable bonds is 6. The van der Waals surface area contributed by atoms with E-state index < -0.39 is 38.7 Å². The third kappa shape index (κ3) is 5.59. The number of sulfone groups is 1. The van der Waals surface area contributed by atoms with Crippen molar-refractivity contribution >= 4 is 21.5 Å². The van der Waals surface area contributed by atoms with Crippen molar-refractivity contribution in [2.75, 3.05) is 11.6 Å². The maximum absolute atomic E-state index is 14.3. The molecule has 8 nitrogen and oxygen atoms in total. The van der Waals surface area contributed by atoms with Crippen LogP contribution in [0.25, 0.3) is 11.3 Å². The van der Waals surface area contributed by atoms with Crippen LogP contribution in [-0.4, -0.2) is 45.1 Å². The summed E-state index contributed by atoms with van der Waals surface area (Å²) in [6, 6.07) is 3.05. The number of halogens is 4. The Kier molecular flexibility index (Phi) is 6.00. The maximum Gasteiger partial charge on any atom is 0.419 e. The lowest BCUT2D eigenvalue weighted by molar-refractivity contribution is -0.137. The Labute approximate surface area is 180 Å². The molecule has 3 aromatic rings. The molecular weight excluding hydrogens is 454 g/mol. The first kappa shape index (κ1) is 23.6. The van der Waals surface area contributed by atoms with Crippen LogP contribution >= 0.6 is 0 Å². The standard InChI is InChI=1S/C19H19F4N5O3S/c1-18(2,29)10-28-9-11(7-25-28)16-13(19(21,22)23)8-24-17(27-16)26-15-5-4-12(6-14(15)20)32(3,30)31/h4-9,29H,10H2,1-3H3,(H,24,26,27). The topological polar surface area (TPSA) is 110 Å². The molecule has 0 radical (unpaired) electrons. The second-order valence-electron chi connectivity index (χ2n) is 7.73. The molecule has 0 aliphatic carbocycles. The normalized spacial score (nSPS) is 12.8. The number of nitrogens with zero attached hydrogens (tertiary/aromatic N) is 4. The number of nitrogens with one attached hydrogen (secondary N) is 1. The van der Waals surface area contributed by atoms with E-state index >= 15 is 0 Å². The lowest BCUT2D eigenvalue weighted by Crippen LogP contribution is -2.26. The van der Waals surface area contributed by atoms with E-state index in [1.165, 1.54) is 24.7 Å². The first-order chi connectivity index (χ1) is 14.6. The first-order valence-electron chi connectivity index (χ1n) is 9.09. The third-order valence-corrected chi connectivity index (χ3v) is 5.28. The van der Waals surface area contributed by atoms with Crippen LogP contribution in [0.1, 0.15) is 19.4 Å². The summed E-state index contributed by atoms with van der Waals surface area (Å²) in [5.74, 6) is -1.29. The molecule has 0 aliphatic rings. The molecular formula is C19H19F4N5O3S. The Morgan fingerprint density at radius 1 is 1.19 bits per heavy atom. The molecule has 13 heteroatoms. The van der Waals surface area contributed by atoms with Crippen LogP contribution in [0.5, 0.6) is 0 Å². The van der Waals surface area contributed by atoms with Crippen LogP contribution in [-0.2, 0) is 22.6 Å². The number of hydrogen-bond acceptors (Lipinski definition) is 7. The second-order valence-corrected chi connectivity index (χ2v) is 9.75. The molecule has 2 N–H and O–H groups in total. The van der Waals surface area contributed by atoms with Crippen molar-refractivity contribution in [3.8, 4) is 11.3 Å². The summed E-state index contributed by atoms with van der Waals surface area (Å²) in [7, 11) is -3.64. The molecule has 1 aromatic carbocycles. The minimum atomic E-state index is -4.77. The van der Waals surface area contributed by atoms with E-state index in [2.05, 4.69) is 20.4 Å². The fourth-order valence-electron chi connectivity index (χ4n) is 2.79. The number of aliphatic hydroxyl groups is 1. The SMILES string of the molecule is CC(C)(O)Cn1cc(-c2nc(Nc3ccc(S(C)(=O)=O)cc3F)ncc2C(F)(F)F)cn1. The zero-order valence-electron chi connectivity index (χ0n) is 17.1. The molecule has 0 unspecified atom stereocenters. The number of aromatic nitrogens is 4. The fraction of sp³-hybridized carbons (Fsp3) is 0.316. The van der Waals surface area contributed by atoms with E-state index in [0.29, 0.717) is 6.20 Å². The molecule has 0 fully saturated rings. The van der Waals surface area contributed by atoms with E-state index in [1.807, 2.05) is 0 Å². The molecule has 0 aliphatic heterocycles. The predicted octanol–water partition coefficient (Wildman–Crippen LogP) is 3.42. The number of alkyl halides is 3. The van der Waals surface area contributed by atoms with Gasteiger partial charge in [0, 0.05) is 24.2 Å². The average Bonchev–Trinajstić information content (AvgIpc) is 3.08. The molecule has 0 spiro atoms. The maximum atomic E-state index is 14.3. The average molecular weight is 473 g/mol. The van der Waals surface area contributed by atoms with Gasteiger partial charge in [0.2, 0.25) is 5.95 Å². The molecule has 0 bridgehead atoms. The number of hydrogen-bond donors (Lipinski definition) is 2. The quantitative estimate of drug-likeness (QED) is 0.528. The Morgan fingerprint density at radius 2 is 1.88 bits per heavy atom. The highest BCUT2D eigenvalue weighted by Gasteiger charge is 2.36. The van der Waals surface area contributed by atoms with Crippen LogP contribution in [0.3, 0.4) is 0 Å². The molecule has 172 valence electrons. The van der Waals surface area contributed by atoms with E-state index in [-0.39, 0.29) is 28.6 Å². The summed E-state index contributed by atoms with van der Waals surface area (Å²) in [5, 5.41) is 16.3. The van der Waals surface area contributed by atoms with Crippen LogP contribution in [0.15, 0.2) is 41.7 Å².